The number of hydrogen-bond donors (Lipinski definition) is 2. The molecule has 2 rings (SSSR count). The number of piperidine rings is 1. The first-order valence-electron chi connectivity index (χ1n) is 8.30. The fraction of sp³-hybridized carbons (Fsp3) is 0.588. The lowest BCUT2D eigenvalue weighted by atomic mass is 9.79. The van der Waals surface area contributed by atoms with Gasteiger partial charge in [-0.25, -0.2) is 8.42 Å². The van der Waals surface area contributed by atoms with Gasteiger partial charge in [0.2, 0.25) is 10.0 Å². The molecule has 1 heterocycles. The smallest absolute Gasteiger partial charge is 0.253 e. The molecule has 1 unspecified atom stereocenters. The van der Waals surface area contributed by atoms with Crippen molar-refractivity contribution in [3.05, 3.63) is 29.8 Å². The minimum Gasteiger partial charge on any atom is -0.338 e. The van der Waals surface area contributed by atoms with Crippen LogP contribution in [0.1, 0.15) is 44.0 Å². The molecule has 8 heteroatoms. The summed E-state index contributed by atoms with van der Waals surface area (Å²) in [5.74, 6) is 0.0366. The summed E-state index contributed by atoms with van der Waals surface area (Å²) in [5, 5.41) is 0. The first-order valence-corrected chi connectivity index (χ1v) is 9.95. The number of carbonyl (C=O) groups is 1. The van der Waals surface area contributed by atoms with Crippen LogP contribution in [-0.2, 0) is 10.0 Å². The SMILES string of the molecule is CCCS(=O)(=O)Nc1ccc(C(=O)N2CCC(N)C(C)(C)C2)cc1.Cl. The van der Waals surface area contributed by atoms with E-state index in [1.54, 1.807) is 24.3 Å². The highest BCUT2D eigenvalue weighted by atomic mass is 35.5. The zero-order valence-corrected chi connectivity index (χ0v) is 16.6. The number of sulfonamides is 1. The van der Waals surface area contributed by atoms with Gasteiger partial charge in [0.05, 0.1) is 5.75 Å². The van der Waals surface area contributed by atoms with Crippen molar-refractivity contribution in [2.45, 2.75) is 39.7 Å². The van der Waals surface area contributed by atoms with Crippen molar-refractivity contribution in [2.24, 2.45) is 11.1 Å². The van der Waals surface area contributed by atoms with Gasteiger partial charge < -0.3 is 10.6 Å². The van der Waals surface area contributed by atoms with Gasteiger partial charge in [-0.15, -0.1) is 12.4 Å². The van der Waals surface area contributed by atoms with Crippen molar-refractivity contribution in [3.63, 3.8) is 0 Å². The van der Waals surface area contributed by atoms with E-state index in [1.807, 2.05) is 11.8 Å². The van der Waals surface area contributed by atoms with Gasteiger partial charge in [-0.3, -0.25) is 9.52 Å². The van der Waals surface area contributed by atoms with Gasteiger partial charge in [0.1, 0.15) is 0 Å². The molecule has 25 heavy (non-hydrogen) atoms. The van der Waals surface area contributed by atoms with E-state index in [9.17, 15) is 13.2 Å². The molecule has 1 aliphatic rings. The van der Waals surface area contributed by atoms with E-state index in [0.717, 1.165) is 6.42 Å². The Morgan fingerprint density at radius 1 is 1.32 bits per heavy atom. The monoisotopic (exact) mass is 389 g/mol. The van der Waals surface area contributed by atoms with Gasteiger partial charge >= 0.3 is 0 Å². The maximum atomic E-state index is 12.6. The van der Waals surface area contributed by atoms with Gasteiger partial charge in [-0.05, 0) is 42.5 Å². The molecule has 0 aliphatic carbocycles. The van der Waals surface area contributed by atoms with E-state index in [1.165, 1.54) is 0 Å². The number of nitrogens with zero attached hydrogens (tertiary/aromatic N) is 1. The molecule has 1 aromatic carbocycles. The van der Waals surface area contributed by atoms with Crippen LogP contribution in [0.15, 0.2) is 24.3 Å². The Labute approximate surface area is 156 Å². The number of amides is 1. The predicted octanol–water partition coefficient (Wildman–Crippen LogP) is 2.46. The minimum absolute atomic E-state index is 0. The first kappa shape index (κ1) is 21.7. The summed E-state index contributed by atoms with van der Waals surface area (Å²) >= 11 is 0. The molecule has 1 aliphatic heterocycles. The molecule has 6 nitrogen and oxygen atoms in total. The summed E-state index contributed by atoms with van der Waals surface area (Å²) in [6, 6.07) is 6.67. The highest BCUT2D eigenvalue weighted by Gasteiger charge is 2.35. The van der Waals surface area contributed by atoms with E-state index >= 15 is 0 Å². The predicted molar refractivity (Wildman–Crippen MR) is 104 cm³/mol. The second-order valence-corrected chi connectivity index (χ2v) is 8.95. The molecule has 1 aromatic rings. The quantitative estimate of drug-likeness (QED) is 0.808. The number of rotatable bonds is 5. The second kappa shape index (κ2) is 8.38. The molecule has 3 N–H and O–H groups in total. The third-order valence-electron chi connectivity index (χ3n) is 4.48. The van der Waals surface area contributed by atoms with E-state index in [2.05, 4.69) is 18.6 Å². The van der Waals surface area contributed by atoms with Crippen LogP contribution in [0.2, 0.25) is 0 Å². The highest BCUT2D eigenvalue weighted by Crippen LogP contribution is 2.28. The van der Waals surface area contributed by atoms with Gasteiger partial charge in [0, 0.05) is 30.4 Å². The van der Waals surface area contributed by atoms with Crippen LogP contribution in [0, 0.1) is 5.41 Å². The molecular weight excluding hydrogens is 362 g/mol. The lowest BCUT2D eigenvalue weighted by molar-refractivity contribution is 0.0533. The van der Waals surface area contributed by atoms with E-state index < -0.39 is 10.0 Å². The van der Waals surface area contributed by atoms with Crippen LogP contribution >= 0.6 is 12.4 Å². The minimum atomic E-state index is -3.32. The maximum Gasteiger partial charge on any atom is 0.253 e. The van der Waals surface area contributed by atoms with E-state index in [4.69, 9.17) is 5.73 Å². The molecule has 0 radical (unpaired) electrons. The summed E-state index contributed by atoms with van der Waals surface area (Å²) in [6.07, 6.45) is 1.34. The number of benzene rings is 1. The molecule has 0 spiro atoms. The number of halogens is 1. The molecule has 1 atom stereocenters. The van der Waals surface area contributed by atoms with Gasteiger partial charge in [-0.1, -0.05) is 20.8 Å². The fourth-order valence-corrected chi connectivity index (χ4v) is 4.04. The van der Waals surface area contributed by atoms with E-state index in [-0.39, 0.29) is 35.5 Å². The van der Waals surface area contributed by atoms with Crippen molar-refractivity contribution in [1.29, 1.82) is 0 Å². The third-order valence-corrected chi connectivity index (χ3v) is 5.97. The highest BCUT2D eigenvalue weighted by molar-refractivity contribution is 7.92. The Morgan fingerprint density at radius 3 is 2.44 bits per heavy atom. The summed E-state index contributed by atoms with van der Waals surface area (Å²) < 4.78 is 26.1. The topological polar surface area (TPSA) is 92.5 Å². The maximum absolute atomic E-state index is 12.6. The summed E-state index contributed by atoms with van der Waals surface area (Å²) in [5.41, 5.74) is 7.03. The number of likely N-dealkylation sites (tertiary alicyclic amines) is 1. The van der Waals surface area contributed by atoms with Crippen molar-refractivity contribution < 1.29 is 13.2 Å². The number of anilines is 1. The van der Waals surface area contributed by atoms with E-state index in [0.29, 0.717) is 30.8 Å². The normalized spacial score (nSPS) is 19.8. The number of carbonyl (C=O) groups excluding carboxylic acids is 1. The van der Waals surface area contributed by atoms with Crippen molar-refractivity contribution in [3.8, 4) is 0 Å². The largest absolute Gasteiger partial charge is 0.338 e. The summed E-state index contributed by atoms with van der Waals surface area (Å²) in [4.78, 5) is 14.5. The Kier molecular flexibility index (Phi) is 7.28. The van der Waals surface area contributed by atoms with Crippen LogP contribution < -0.4 is 10.5 Å². The molecule has 0 bridgehead atoms. The lowest BCUT2D eigenvalue weighted by Crippen LogP contribution is -2.53. The van der Waals surface area contributed by atoms with Crippen LogP contribution in [0.25, 0.3) is 0 Å². The molecular formula is C17H28ClN3O3S. The summed E-state index contributed by atoms with van der Waals surface area (Å²) in [6.45, 7) is 7.23. The summed E-state index contributed by atoms with van der Waals surface area (Å²) in [7, 11) is -3.32. The zero-order chi connectivity index (χ0) is 18.0. The van der Waals surface area contributed by atoms with Crippen molar-refractivity contribution >= 4 is 34.0 Å². The van der Waals surface area contributed by atoms with Gasteiger partial charge in [-0.2, -0.15) is 0 Å². The van der Waals surface area contributed by atoms with Crippen molar-refractivity contribution in [1.82, 2.24) is 4.90 Å². The second-order valence-electron chi connectivity index (χ2n) is 7.11. The number of nitrogens with two attached hydrogens (primary N) is 1. The molecule has 0 aromatic heterocycles. The molecule has 142 valence electrons. The zero-order valence-electron chi connectivity index (χ0n) is 15.0. The Bertz CT molecular complexity index is 690. The van der Waals surface area contributed by atoms with Crippen LogP contribution in [0.5, 0.6) is 0 Å². The Hall–Kier alpha value is -1.31. The van der Waals surface area contributed by atoms with Crippen molar-refractivity contribution in [2.75, 3.05) is 23.6 Å². The fourth-order valence-electron chi connectivity index (χ4n) is 2.91. The third kappa shape index (κ3) is 5.59. The molecule has 1 fully saturated rings. The van der Waals surface area contributed by atoms with Gasteiger partial charge in [0.25, 0.3) is 5.91 Å². The standard InChI is InChI=1S/C17H27N3O3S.ClH/c1-4-11-24(22,23)19-14-7-5-13(6-8-14)16(21)20-10-9-15(18)17(2,3)12-20;/h5-8,15,19H,4,9-12,18H2,1-3H3;1H. The van der Waals surface area contributed by atoms with Crippen LogP contribution in [-0.4, -0.2) is 44.1 Å². The molecule has 0 saturated carbocycles. The number of nitrogens with one attached hydrogen (secondary N) is 1. The first-order chi connectivity index (χ1) is 11.1. The average molecular weight is 390 g/mol. The number of hydrogen-bond acceptors (Lipinski definition) is 4. The Morgan fingerprint density at radius 2 is 1.92 bits per heavy atom. The van der Waals surface area contributed by atoms with Gasteiger partial charge in [0.15, 0.2) is 0 Å². The van der Waals surface area contributed by atoms with Crippen LogP contribution in [0.4, 0.5) is 5.69 Å². The Balaban J connectivity index is 0.00000312. The molecule has 1 amide bonds. The lowest BCUT2D eigenvalue weighted by Gasteiger charge is -2.42. The van der Waals surface area contributed by atoms with Crippen LogP contribution in [0.3, 0.4) is 0 Å². The molecule has 1 saturated heterocycles. The average Bonchev–Trinajstić information content (AvgIpc) is 2.49.